The van der Waals surface area contributed by atoms with Gasteiger partial charge in [-0.15, -0.1) is 0 Å². The summed E-state index contributed by atoms with van der Waals surface area (Å²) in [7, 11) is 4.06. The second-order valence-corrected chi connectivity index (χ2v) is 5.73. The van der Waals surface area contributed by atoms with Gasteiger partial charge in [0, 0.05) is 11.9 Å². The van der Waals surface area contributed by atoms with Crippen molar-refractivity contribution >= 4 is 16.8 Å². The van der Waals surface area contributed by atoms with Crippen LogP contribution >= 0.6 is 0 Å². The van der Waals surface area contributed by atoms with E-state index in [4.69, 9.17) is 0 Å². The predicted octanol–water partition coefficient (Wildman–Crippen LogP) is 2.53. The van der Waals surface area contributed by atoms with E-state index in [-0.39, 0.29) is 5.91 Å². The minimum absolute atomic E-state index is 0.0397. The van der Waals surface area contributed by atoms with Crippen LogP contribution in [-0.4, -0.2) is 43.0 Å². The number of pyridine rings is 1. The highest BCUT2D eigenvalue weighted by Crippen LogP contribution is 2.18. The van der Waals surface area contributed by atoms with E-state index in [1.165, 1.54) is 5.56 Å². The van der Waals surface area contributed by atoms with E-state index in [1.54, 1.807) is 0 Å². The van der Waals surface area contributed by atoms with Gasteiger partial charge in [-0.25, -0.2) is 0 Å². The normalized spacial score (nSPS) is 11.1. The Labute approximate surface area is 126 Å². The van der Waals surface area contributed by atoms with Crippen LogP contribution in [0.4, 0.5) is 0 Å². The van der Waals surface area contributed by atoms with E-state index in [9.17, 15) is 4.79 Å². The molecule has 0 spiro atoms. The molecule has 112 valence electrons. The molecule has 4 heteroatoms. The number of fused-ring (bicyclic) bond motifs is 1. The first-order chi connectivity index (χ1) is 9.97. The van der Waals surface area contributed by atoms with Gasteiger partial charge in [0.15, 0.2) is 0 Å². The number of hydrogen-bond donors (Lipinski definition) is 1. The third-order valence-corrected chi connectivity index (χ3v) is 3.47. The Kier molecular flexibility index (Phi) is 4.91. The lowest BCUT2D eigenvalue weighted by molar-refractivity contribution is 0.0951. The molecule has 0 saturated heterocycles. The monoisotopic (exact) mass is 285 g/mol. The molecule has 2 aromatic rings. The van der Waals surface area contributed by atoms with Crippen LogP contribution in [0.5, 0.6) is 0 Å². The number of aromatic nitrogens is 1. The van der Waals surface area contributed by atoms with Gasteiger partial charge < -0.3 is 10.2 Å². The predicted molar refractivity (Wildman–Crippen MR) is 86.7 cm³/mol. The van der Waals surface area contributed by atoms with Gasteiger partial charge in [-0.3, -0.25) is 9.78 Å². The van der Waals surface area contributed by atoms with E-state index in [0.29, 0.717) is 12.1 Å². The second-order valence-electron chi connectivity index (χ2n) is 5.73. The molecule has 0 aliphatic carbocycles. The number of rotatable bonds is 5. The van der Waals surface area contributed by atoms with Crippen molar-refractivity contribution in [1.29, 1.82) is 0 Å². The van der Waals surface area contributed by atoms with Crippen molar-refractivity contribution in [1.82, 2.24) is 15.2 Å². The average Bonchev–Trinajstić information content (AvgIpc) is 2.43. The Morgan fingerprint density at radius 3 is 2.71 bits per heavy atom. The molecule has 1 amide bonds. The summed E-state index contributed by atoms with van der Waals surface area (Å²) in [5, 5.41) is 3.98. The molecule has 0 saturated carbocycles. The van der Waals surface area contributed by atoms with Crippen LogP contribution in [0.3, 0.4) is 0 Å². The standard InChI is InChI=1S/C17H23N3O/c1-12-6-7-16-14(10-12)11-15(13(2)19-16)17(21)18-8-5-9-20(3)4/h6-7,10-11H,5,8-9H2,1-4H3,(H,18,21). The molecule has 0 aliphatic rings. The number of hydrogen-bond acceptors (Lipinski definition) is 3. The first-order valence-electron chi connectivity index (χ1n) is 7.28. The number of carbonyl (C=O) groups excluding carboxylic acids is 1. The first-order valence-corrected chi connectivity index (χ1v) is 7.28. The van der Waals surface area contributed by atoms with Gasteiger partial charge in [-0.2, -0.15) is 0 Å². The number of aryl methyl sites for hydroxylation is 2. The molecular formula is C17H23N3O. The van der Waals surface area contributed by atoms with Crippen LogP contribution in [0.1, 0.15) is 28.0 Å². The van der Waals surface area contributed by atoms with Crippen molar-refractivity contribution < 1.29 is 4.79 Å². The van der Waals surface area contributed by atoms with Crippen molar-refractivity contribution in [3.63, 3.8) is 0 Å². The molecule has 2 rings (SSSR count). The highest BCUT2D eigenvalue weighted by molar-refractivity contribution is 5.98. The molecule has 0 atom stereocenters. The third kappa shape index (κ3) is 4.02. The van der Waals surface area contributed by atoms with Gasteiger partial charge in [0.2, 0.25) is 0 Å². The fraction of sp³-hybridized carbons (Fsp3) is 0.412. The first kappa shape index (κ1) is 15.4. The van der Waals surface area contributed by atoms with Crippen LogP contribution < -0.4 is 5.32 Å². The summed E-state index contributed by atoms with van der Waals surface area (Å²) < 4.78 is 0. The highest BCUT2D eigenvalue weighted by Gasteiger charge is 2.11. The molecular weight excluding hydrogens is 262 g/mol. The number of amides is 1. The largest absolute Gasteiger partial charge is 0.352 e. The summed E-state index contributed by atoms with van der Waals surface area (Å²) in [6.45, 7) is 5.57. The summed E-state index contributed by atoms with van der Waals surface area (Å²) in [5.41, 5.74) is 3.54. The zero-order valence-corrected chi connectivity index (χ0v) is 13.2. The minimum Gasteiger partial charge on any atom is -0.352 e. The molecule has 0 aliphatic heterocycles. The van der Waals surface area contributed by atoms with E-state index in [2.05, 4.69) is 21.3 Å². The summed E-state index contributed by atoms with van der Waals surface area (Å²) in [5.74, 6) is -0.0397. The van der Waals surface area contributed by atoms with Gasteiger partial charge >= 0.3 is 0 Å². The van der Waals surface area contributed by atoms with Gasteiger partial charge in [0.05, 0.1) is 16.8 Å². The van der Waals surface area contributed by atoms with Crippen LogP contribution in [0.25, 0.3) is 10.9 Å². The Hall–Kier alpha value is -1.94. The molecule has 0 radical (unpaired) electrons. The van der Waals surface area contributed by atoms with Gasteiger partial charge in [-0.05, 0) is 59.1 Å². The van der Waals surface area contributed by atoms with E-state index < -0.39 is 0 Å². The quantitative estimate of drug-likeness (QED) is 0.859. The highest BCUT2D eigenvalue weighted by atomic mass is 16.1. The lowest BCUT2D eigenvalue weighted by atomic mass is 10.1. The Bertz CT molecular complexity index is 650. The topological polar surface area (TPSA) is 45.2 Å². The van der Waals surface area contributed by atoms with Crippen molar-refractivity contribution in [3.05, 3.63) is 41.1 Å². The van der Waals surface area contributed by atoms with Gasteiger partial charge in [-0.1, -0.05) is 11.6 Å². The van der Waals surface area contributed by atoms with E-state index in [0.717, 1.165) is 29.6 Å². The van der Waals surface area contributed by atoms with Crippen LogP contribution in [0.2, 0.25) is 0 Å². The summed E-state index contributed by atoms with van der Waals surface area (Å²) in [6.07, 6.45) is 0.942. The maximum atomic E-state index is 12.3. The molecule has 1 N–H and O–H groups in total. The molecule has 4 nitrogen and oxygen atoms in total. The Morgan fingerprint density at radius 1 is 1.24 bits per heavy atom. The maximum Gasteiger partial charge on any atom is 0.253 e. The number of benzene rings is 1. The number of nitrogens with one attached hydrogen (secondary N) is 1. The van der Waals surface area contributed by atoms with Crippen LogP contribution in [0, 0.1) is 13.8 Å². The molecule has 1 heterocycles. The number of nitrogens with zero attached hydrogens (tertiary/aromatic N) is 2. The fourth-order valence-corrected chi connectivity index (χ4v) is 2.31. The summed E-state index contributed by atoms with van der Waals surface area (Å²) in [6, 6.07) is 8.03. The Balaban J connectivity index is 2.13. The zero-order valence-electron chi connectivity index (χ0n) is 13.2. The SMILES string of the molecule is Cc1ccc2nc(C)c(C(=O)NCCCN(C)C)cc2c1. The number of carbonyl (C=O) groups is 1. The maximum absolute atomic E-state index is 12.3. The molecule has 1 aromatic heterocycles. The molecule has 0 unspecified atom stereocenters. The van der Waals surface area contributed by atoms with Crippen molar-refractivity contribution in [3.8, 4) is 0 Å². The van der Waals surface area contributed by atoms with Crippen molar-refractivity contribution in [2.45, 2.75) is 20.3 Å². The second kappa shape index (κ2) is 6.68. The average molecular weight is 285 g/mol. The molecule has 0 fully saturated rings. The molecule has 21 heavy (non-hydrogen) atoms. The molecule has 1 aromatic carbocycles. The third-order valence-electron chi connectivity index (χ3n) is 3.47. The minimum atomic E-state index is -0.0397. The smallest absolute Gasteiger partial charge is 0.253 e. The van der Waals surface area contributed by atoms with E-state index in [1.807, 2.05) is 46.1 Å². The summed E-state index contributed by atoms with van der Waals surface area (Å²) >= 11 is 0. The lowest BCUT2D eigenvalue weighted by Crippen LogP contribution is -2.27. The fourth-order valence-electron chi connectivity index (χ4n) is 2.31. The summed E-state index contributed by atoms with van der Waals surface area (Å²) in [4.78, 5) is 18.9. The van der Waals surface area contributed by atoms with E-state index >= 15 is 0 Å². The van der Waals surface area contributed by atoms with Gasteiger partial charge in [0.25, 0.3) is 5.91 Å². The van der Waals surface area contributed by atoms with Crippen LogP contribution in [-0.2, 0) is 0 Å². The Morgan fingerprint density at radius 2 is 2.00 bits per heavy atom. The van der Waals surface area contributed by atoms with Gasteiger partial charge in [0.1, 0.15) is 0 Å². The van der Waals surface area contributed by atoms with Crippen LogP contribution in [0.15, 0.2) is 24.3 Å². The lowest BCUT2D eigenvalue weighted by Gasteiger charge is -2.11. The zero-order chi connectivity index (χ0) is 15.4. The molecule has 0 bridgehead atoms. The van der Waals surface area contributed by atoms with Crippen molar-refractivity contribution in [2.24, 2.45) is 0 Å². The van der Waals surface area contributed by atoms with Crippen molar-refractivity contribution in [2.75, 3.05) is 27.2 Å².